The van der Waals surface area contributed by atoms with E-state index >= 15 is 0 Å². The van der Waals surface area contributed by atoms with Crippen LogP contribution in [0.4, 0.5) is 5.69 Å². The van der Waals surface area contributed by atoms with Gasteiger partial charge in [0.05, 0.1) is 27.9 Å². The van der Waals surface area contributed by atoms with Crippen molar-refractivity contribution < 1.29 is 13.2 Å². The third-order valence-corrected chi connectivity index (χ3v) is 6.46. The largest absolute Gasteiger partial charge is 0.321 e. The molecule has 1 N–H and O–H groups in total. The first kappa shape index (κ1) is 20.0. The van der Waals surface area contributed by atoms with Crippen molar-refractivity contribution in [3.05, 3.63) is 71.5 Å². The Morgan fingerprint density at radius 3 is 2.32 bits per heavy atom. The van der Waals surface area contributed by atoms with E-state index in [1.165, 1.54) is 18.3 Å². The molecule has 2 aromatic heterocycles. The smallest absolute Gasteiger partial charge is 0.255 e. The summed E-state index contributed by atoms with van der Waals surface area (Å²) in [7, 11) is -3.45. The van der Waals surface area contributed by atoms with Crippen molar-refractivity contribution in [3.63, 3.8) is 0 Å². The van der Waals surface area contributed by atoms with Gasteiger partial charge in [0.15, 0.2) is 14.9 Å². The number of carbonyl (C=O) groups excluding carboxylic acids is 1. The van der Waals surface area contributed by atoms with Gasteiger partial charge in [-0.05, 0) is 50.2 Å². The van der Waals surface area contributed by atoms with Crippen LogP contribution in [-0.4, -0.2) is 29.5 Å². The molecule has 2 heterocycles. The molecule has 0 bridgehead atoms. The van der Waals surface area contributed by atoms with Crippen LogP contribution in [0.1, 0.15) is 24.2 Å². The molecule has 144 valence electrons. The lowest BCUT2D eigenvalue weighted by Crippen LogP contribution is -2.16. The summed E-state index contributed by atoms with van der Waals surface area (Å²) in [4.78, 5) is 20.6. The van der Waals surface area contributed by atoms with Gasteiger partial charge in [0.1, 0.15) is 0 Å². The summed E-state index contributed by atoms with van der Waals surface area (Å²) in [5.74, 6) is -0.333. The van der Waals surface area contributed by atoms with Crippen molar-refractivity contribution in [2.75, 3.05) is 5.32 Å². The predicted molar refractivity (Wildman–Crippen MR) is 109 cm³/mol. The molecule has 0 aliphatic heterocycles. The average Bonchev–Trinajstić information content (AvgIpc) is 2.69. The maximum Gasteiger partial charge on any atom is 0.255 e. The van der Waals surface area contributed by atoms with E-state index in [-0.39, 0.29) is 10.9 Å². The molecule has 0 saturated carbocycles. The second kappa shape index (κ2) is 8.08. The highest BCUT2D eigenvalue weighted by molar-refractivity contribution is 7.91. The Labute approximate surface area is 168 Å². The minimum atomic E-state index is -3.45. The van der Waals surface area contributed by atoms with E-state index < -0.39 is 15.1 Å². The van der Waals surface area contributed by atoms with E-state index in [1.54, 1.807) is 56.4 Å². The van der Waals surface area contributed by atoms with Gasteiger partial charge >= 0.3 is 0 Å². The van der Waals surface area contributed by atoms with Gasteiger partial charge in [-0.3, -0.25) is 9.78 Å². The molecule has 28 heavy (non-hydrogen) atoms. The Bertz CT molecular complexity index is 1100. The minimum Gasteiger partial charge on any atom is -0.321 e. The maximum absolute atomic E-state index is 12.4. The SMILES string of the molecule is CC(C)S(=O)(=O)c1ccc(NC(=O)c2ccc(-c3ncccc3Cl)cc2)cn1. The topological polar surface area (TPSA) is 89.0 Å². The molecule has 0 spiro atoms. The number of rotatable bonds is 5. The Balaban J connectivity index is 1.74. The maximum atomic E-state index is 12.4. The zero-order chi connectivity index (χ0) is 20.3. The number of sulfone groups is 1. The van der Waals surface area contributed by atoms with Crippen LogP contribution in [0.25, 0.3) is 11.3 Å². The molecule has 0 unspecified atom stereocenters. The van der Waals surface area contributed by atoms with Crippen molar-refractivity contribution in [1.82, 2.24) is 9.97 Å². The number of hydrogen-bond donors (Lipinski definition) is 1. The average molecular weight is 416 g/mol. The summed E-state index contributed by atoms with van der Waals surface area (Å²) in [5.41, 5.74) is 2.29. The van der Waals surface area contributed by atoms with Crippen LogP contribution >= 0.6 is 11.6 Å². The molecule has 0 aliphatic carbocycles. The predicted octanol–water partition coefficient (Wildman–Crippen LogP) is 4.23. The summed E-state index contributed by atoms with van der Waals surface area (Å²) in [6.45, 7) is 3.18. The van der Waals surface area contributed by atoms with Crippen molar-refractivity contribution in [1.29, 1.82) is 0 Å². The molecule has 1 amide bonds. The summed E-state index contributed by atoms with van der Waals surface area (Å²) in [5, 5.41) is 2.65. The molecular weight excluding hydrogens is 398 g/mol. The standard InChI is InChI=1S/C20H18ClN3O3S/c1-13(2)28(26,27)18-10-9-16(12-23-18)24-20(25)15-7-5-14(6-8-15)19-17(21)4-3-11-22-19/h3-13H,1-2H3,(H,24,25). The zero-order valence-electron chi connectivity index (χ0n) is 15.3. The summed E-state index contributed by atoms with van der Waals surface area (Å²) in [6, 6.07) is 13.3. The van der Waals surface area contributed by atoms with Crippen molar-refractivity contribution in [2.24, 2.45) is 0 Å². The summed E-state index contributed by atoms with van der Waals surface area (Å²) >= 11 is 6.14. The Morgan fingerprint density at radius 2 is 1.75 bits per heavy atom. The molecule has 8 heteroatoms. The van der Waals surface area contributed by atoms with E-state index in [2.05, 4.69) is 15.3 Å². The Kier molecular flexibility index (Phi) is 5.76. The fraction of sp³-hybridized carbons (Fsp3) is 0.150. The van der Waals surface area contributed by atoms with Gasteiger partial charge in [-0.15, -0.1) is 0 Å². The number of pyridine rings is 2. The number of nitrogens with zero attached hydrogens (tertiary/aromatic N) is 2. The fourth-order valence-corrected chi connectivity index (χ4v) is 3.62. The van der Waals surface area contributed by atoms with Gasteiger partial charge in [0.25, 0.3) is 5.91 Å². The highest BCUT2D eigenvalue weighted by atomic mass is 35.5. The third kappa shape index (κ3) is 4.21. The van der Waals surface area contributed by atoms with Gasteiger partial charge in [0, 0.05) is 17.3 Å². The summed E-state index contributed by atoms with van der Waals surface area (Å²) in [6.07, 6.45) is 2.98. The number of aromatic nitrogens is 2. The molecule has 0 atom stereocenters. The van der Waals surface area contributed by atoms with Crippen LogP contribution in [0.15, 0.2) is 66.0 Å². The van der Waals surface area contributed by atoms with Crippen LogP contribution in [0, 0.1) is 0 Å². The van der Waals surface area contributed by atoms with E-state index in [0.29, 0.717) is 22.0 Å². The number of amides is 1. The van der Waals surface area contributed by atoms with Gasteiger partial charge in [0.2, 0.25) is 0 Å². The monoisotopic (exact) mass is 415 g/mol. The van der Waals surface area contributed by atoms with Crippen LogP contribution in [0.2, 0.25) is 5.02 Å². The lowest BCUT2D eigenvalue weighted by Gasteiger charge is -2.09. The van der Waals surface area contributed by atoms with Gasteiger partial charge in [-0.2, -0.15) is 0 Å². The van der Waals surface area contributed by atoms with Crippen LogP contribution < -0.4 is 5.32 Å². The number of anilines is 1. The highest BCUT2D eigenvalue weighted by Gasteiger charge is 2.20. The molecule has 0 fully saturated rings. The van der Waals surface area contributed by atoms with Crippen molar-refractivity contribution in [2.45, 2.75) is 24.1 Å². The lowest BCUT2D eigenvalue weighted by molar-refractivity contribution is 0.102. The second-order valence-electron chi connectivity index (χ2n) is 6.34. The van der Waals surface area contributed by atoms with Gasteiger partial charge in [-0.25, -0.2) is 13.4 Å². The number of hydrogen-bond acceptors (Lipinski definition) is 5. The van der Waals surface area contributed by atoms with Crippen LogP contribution in [0.3, 0.4) is 0 Å². The number of nitrogens with one attached hydrogen (secondary N) is 1. The minimum absolute atomic E-state index is 0.0166. The molecular formula is C20H18ClN3O3S. The molecule has 1 aromatic carbocycles. The first-order chi connectivity index (χ1) is 13.3. The van der Waals surface area contributed by atoms with Gasteiger partial charge in [-0.1, -0.05) is 23.7 Å². The van der Waals surface area contributed by atoms with Gasteiger partial charge < -0.3 is 5.32 Å². The number of carbonyl (C=O) groups is 1. The van der Waals surface area contributed by atoms with E-state index in [9.17, 15) is 13.2 Å². The molecule has 6 nitrogen and oxygen atoms in total. The van der Waals surface area contributed by atoms with Crippen molar-refractivity contribution >= 4 is 33.0 Å². The van der Waals surface area contributed by atoms with Crippen molar-refractivity contribution in [3.8, 4) is 11.3 Å². The first-order valence-electron chi connectivity index (χ1n) is 8.51. The fourth-order valence-electron chi connectivity index (χ4n) is 2.44. The molecule has 3 aromatic rings. The molecule has 0 saturated heterocycles. The molecule has 3 rings (SSSR count). The third-order valence-electron chi connectivity index (χ3n) is 4.09. The molecule has 0 radical (unpaired) electrons. The number of halogens is 1. The lowest BCUT2D eigenvalue weighted by atomic mass is 10.1. The second-order valence-corrected chi connectivity index (χ2v) is 9.20. The summed E-state index contributed by atoms with van der Waals surface area (Å²) < 4.78 is 24.2. The van der Waals surface area contributed by atoms with Crippen LogP contribution in [0.5, 0.6) is 0 Å². The zero-order valence-corrected chi connectivity index (χ0v) is 16.8. The van der Waals surface area contributed by atoms with E-state index in [4.69, 9.17) is 11.6 Å². The van der Waals surface area contributed by atoms with E-state index in [0.717, 1.165) is 5.56 Å². The van der Waals surface area contributed by atoms with E-state index in [1.807, 2.05) is 0 Å². The van der Waals surface area contributed by atoms with Crippen LogP contribution in [-0.2, 0) is 9.84 Å². The quantitative estimate of drug-likeness (QED) is 0.673. The Morgan fingerprint density at radius 1 is 1.04 bits per heavy atom. The first-order valence-corrected chi connectivity index (χ1v) is 10.4. The highest BCUT2D eigenvalue weighted by Crippen LogP contribution is 2.25. The Hall–Kier alpha value is -2.77. The number of benzene rings is 1. The normalized spacial score (nSPS) is 11.4. The molecule has 0 aliphatic rings.